The van der Waals surface area contributed by atoms with Crippen LogP contribution in [0.15, 0.2) is 36.7 Å². The highest BCUT2D eigenvalue weighted by Crippen LogP contribution is 2.28. The van der Waals surface area contributed by atoms with Crippen LogP contribution in [0.4, 0.5) is 0 Å². The number of nitrogens with zero attached hydrogens (tertiary/aromatic N) is 2. The minimum atomic E-state index is 0.0297. The highest BCUT2D eigenvalue weighted by atomic mass is 35.5. The number of ether oxygens (including phenoxy) is 1. The Morgan fingerprint density at radius 2 is 2.00 bits per heavy atom. The van der Waals surface area contributed by atoms with Gasteiger partial charge in [-0.3, -0.25) is 9.78 Å². The van der Waals surface area contributed by atoms with E-state index < -0.39 is 0 Å². The average Bonchev–Trinajstić information content (AvgIpc) is 2.63. The molecular weight excluding hydrogens is 359 g/mol. The molecule has 0 saturated carbocycles. The summed E-state index contributed by atoms with van der Waals surface area (Å²) in [5.74, 6) is 1.22. The van der Waals surface area contributed by atoms with Crippen LogP contribution >= 0.6 is 23.2 Å². The quantitative estimate of drug-likeness (QED) is 0.764. The lowest BCUT2D eigenvalue weighted by atomic mass is 9.99. The number of rotatable bonds is 4. The zero-order valence-electron chi connectivity index (χ0n) is 14.0. The van der Waals surface area contributed by atoms with E-state index in [1.54, 1.807) is 30.6 Å². The summed E-state index contributed by atoms with van der Waals surface area (Å²) in [6, 6.07) is 6.89. The van der Waals surface area contributed by atoms with Gasteiger partial charge in [-0.1, -0.05) is 30.1 Å². The highest BCUT2D eigenvalue weighted by molar-refractivity contribution is 6.34. The molecule has 1 saturated heterocycles. The third kappa shape index (κ3) is 4.65. The monoisotopic (exact) mass is 378 g/mol. The number of carbonyl (C=O) groups excluding carboxylic acids is 1. The van der Waals surface area contributed by atoms with Crippen molar-refractivity contribution in [2.45, 2.75) is 26.4 Å². The van der Waals surface area contributed by atoms with Gasteiger partial charge in [0, 0.05) is 42.1 Å². The minimum absolute atomic E-state index is 0.0297. The molecule has 2 aromatic rings. The molecular formula is C19H20Cl2N2O2. The number of benzene rings is 1. The van der Waals surface area contributed by atoms with Crippen molar-refractivity contribution in [3.8, 4) is 5.75 Å². The van der Waals surface area contributed by atoms with Gasteiger partial charge in [-0.2, -0.15) is 0 Å². The molecule has 0 unspecified atom stereocenters. The van der Waals surface area contributed by atoms with Crippen molar-refractivity contribution in [2.24, 2.45) is 5.92 Å². The lowest BCUT2D eigenvalue weighted by Crippen LogP contribution is -2.38. The Morgan fingerprint density at radius 3 is 2.76 bits per heavy atom. The van der Waals surface area contributed by atoms with E-state index in [1.807, 2.05) is 11.0 Å². The molecule has 0 radical (unpaired) electrons. The van der Waals surface area contributed by atoms with Crippen molar-refractivity contribution in [3.63, 3.8) is 0 Å². The summed E-state index contributed by atoms with van der Waals surface area (Å²) in [4.78, 5) is 18.7. The standard InChI is InChI=1S/C19H20Cl2N2O2/c1-13-4-6-23(7-5-13)19(24)15-8-14(10-22-11-15)12-25-18-9-16(20)2-3-17(18)21/h2-3,8-11,13H,4-7,12H2,1H3. The molecule has 25 heavy (non-hydrogen) atoms. The topological polar surface area (TPSA) is 42.4 Å². The smallest absolute Gasteiger partial charge is 0.255 e. The zero-order chi connectivity index (χ0) is 17.8. The predicted molar refractivity (Wildman–Crippen MR) is 99.3 cm³/mol. The zero-order valence-corrected chi connectivity index (χ0v) is 15.6. The van der Waals surface area contributed by atoms with Gasteiger partial charge in [-0.05, 0) is 37.0 Å². The summed E-state index contributed by atoms with van der Waals surface area (Å²) in [5, 5.41) is 1.05. The van der Waals surface area contributed by atoms with Gasteiger partial charge >= 0.3 is 0 Å². The number of likely N-dealkylation sites (tertiary alicyclic amines) is 1. The van der Waals surface area contributed by atoms with E-state index >= 15 is 0 Å². The molecule has 0 aliphatic carbocycles. The lowest BCUT2D eigenvalue weighted by Gasteiger charge is -2.30. The maximum absolute atomic E-state index is 12.6. The van der Waals surface area contributed by atoms with Crippen molar-refractivity contribution >= 4 is 29.1 Å². The molecule has 3 rings (SSSR count). The first-order valence-corrected chi connectivity index (χ1v) is 9.09. The largest absolute Gasteiger partial charge is 0.487 e. The molecule has 0 atom stereocenters. The molecule has 1 fully saturated rings. The SMILES string of the molecule is CC1CCN(C(=O)c2cncc(COc3cc(Cl)ccc3Cl)c2)CC1. The second-order valence-electron chi connectivity index (χ2n) is 6.42. The third-order valence-corrected chi connectivity index (χ3v) is 4.95. The van der Waals surface area contributed by atoms with Crippen molar-refractivity contribution in [1.29, 1.82) is 0 Å². The third-order valence-electron chi connectivity index (χ3n) is 4.40. The van der Waals surface area contributed by atoms with Crippen molar-refractivity contribution in [1.82, 2.24) is 9.88 Å². The number of halogens is 2. The number of piperidine rings is 1. The van der Waals surface area contributed by atoms with Gasteiger partial charge < -0.3 is 9.64 Å². The Morgan fingerprint density at radius 1 is 1.24 bits per heavy atom. The molecule has 0 N–H and O–H groups in total. The highest BCUT2D eigenvalue weighted by Gasteiger charge is 2.21. The Hall–Kier alpha value is -1.78. The maximum atomic E-state index is 12.6. The van der Waals surface area contributed by atoms with Gasteiger partial charge in [0.15, 0.2) is 0 Å². The summed E-state index contributed by atoms with van der Waals surface area (Å²) in [7, 11) is 0. The van der Waals surface area contributed by atoms with Crippen LogP contribution in [0.5, 0.6) is 5.75 Å². The van der Waals surface area contributed by atoms with Crippen LogP contribution in [-0.2, 0) is 6.61 Å². The Labute approximate surface area is 157 Å². The van der Waals surface area contributed by atoms with Crippen LogP contribution in [-0.4, -0.2) is 28.9 Å². The first-order valence-electron chi connectivity index (χ1n) is 8.34. The van der Waals surface area contributed by atoms with E-state index in [0.29, 0.717) is 27.3 Å². The Balaban J connectivity index is 1.67. The predicted octanol–water partition coefficient (Wildman–Crippen LogP) is 4.84. The number of aromatic nitrogens is 1. The fourth-order valence-electron chi connectivity index (χ4n) is 2.83. The fourth-order valence-corrected chi connectivity index (χ4v) is 3.16. The molecule has 4 nitrogen and oxygen atoms in total. The summed E-state index contributed by atoms with van der Waals surface area (Å²) >= 11 is 12.1. The van der Waals surface area contributed by atoms with E-state index in [-0.39, 0.29) is 12.5 Å². The number of pyridine rings is 1. The van der Waals surface area contributed by atoms with Crippen LogP contribution in [0, 0.1) is 5.92 Å². The molecule has 132 valence electrons. The number of carbonyl (C=O) groups is 1. The molecule has 1 aromatic carbocycles. The molecule has 1 amide bonds. The van der Waals surface area contributed by atoms with Gasteiger partial charge in [-0.25, -0.2) is 0 Å². The van der Waals surface area contributed by atoms with E-state index in [9.17, 15) is 4.79 Å². The van der Waals surface area contributed by atoms with E-state index in [4.69, 9.17) is 27.9 Å². The summed E-state index contributed by atoms with van der Waals surface area (Å²) < 4.78 is 5.72. The first-order chi connectivity index (χ1) is 12.0. The molecule has 1 aliphatic heterocycles. The van der Waals surface area contributed by atoms with Crippen LogP contribution in [0.1, 0.15) is 35.7 Å². The fraction of sp³-hybridized carbons (Fsp3) is 0.368. The summed E-state index contributed by atoms with van der Waals surface area (Å²) in [6.07, 6.45) is 5.40. The van der Waals surface area contributed by atoms with Crippen molar-refractivity contribution < 1.29 is 9.53 Å². The number of hydrogen-bond donors (Lipinski definition) is 0. The van der Waals surface area contributed by atoms with E-state index in [2.05, 4.69) is 11.9 Å². The molecule has 0 spiro atoms. The average molecular weight is 379 g/mol. The summed E-state index contributed by atoms with van der Waals surface area (Å²) in [6.45, 7) is 4.10. The van der Waals surface area contributed by atoms with E-state index in [1.165, 1.54) is 0 Å². The Kier molecular flexibility index (Phi) is 5.82. The molecule has 2 heterocycles. The summed E-state index contributed by atoms with van der Waals surface area (Å²) in [5.41, 5.74) is 1.40. The number of amides is 1. The van der Waals surface area contributed by atoms with Crippen molar-refractivity contribution in [3.05, 3.63) is 57.8 Å². The molecule has 1 aromatic heterocycles. The minimum Gasteiger partial charge on any atom is -0.487 e. The lowest BCUT2D eigenvalue weighted by molar-refractivity contribution is 0.0696. The maximum Gasteiger partial charge on any atom is 0.255 e. The van der Waals surface area contributed by atoms with Crippen LogP contribution in [0.2, 0.25) is 10.0 Å². The van der Waals surface area contributed by atoms with Gasteiger partial charge in [0.1, 0.15) is 12.4 Å². The van der Waals surface area contributed by atoms with Crippen LogP contribution < -0.4 is 4.74 Å². The van der Waals surface area contributed by atoms with Crippen molar-refractivity contribution in [2.75, 3.05) is 13.1 Å². The number of hydrogen-bond acceptors (Lipinski definition) is 3. The second-order valence-corrected chi connectivity index (χ2v) is 7.26. The second kappa shape index (κ2) is 8.07. The van der Waals surface area contributed by atoms with Gasteiger partial charge in [0.2, 0.25) is 0 Å². The van der Waals surface area contributed by atoms with Gasteiger partial charge in [0.05, 0.1) is 10.6 Å². The normalized spacial score (nSPS) is 15.2. The molecule has 6 heteroatoms. The van der Waals surface area contributed by atoms with Gasteiger partial charge in [0.25, 0.3) is 5.91 Å². The molecule has 0 bridgehead atoms. The molecule has 1 aliphatic rings. The van der Waals surface area contributed by atoms with Gasteiger partial charge in [-0.15, -0.1) is 0 Å². The Bertz CT molecular complexity index is 759. The van der Waals surface area contributed by atoms with Crippen LogP contribution in [0.3, 0.4) is 0 Å². The van der Waals surface area contributed by atoms with E-state index in [0.717, 1.165) is 31.5 Å². The van der Waals surface area contributed by atoms with Crippen LogP contribution in [0.25, 0.3) is 0 Å². The first kappa shape index (κ1) is 18.0.